The number of halogens is 1. The van der Waals surface area contributed by atoms with Crippen LogP contribution in [0.1, 0.15) is 5.69 Å². The summed E-state index contributed by atoms with van der Waals surface area (Å²) in [6.45, 7) is 1.95. The number of nitrogens with one attached hydrogen (secondary N) is 1. The van der Waals surface area contributed by atoms with Gasteiger partial charge in [-0.2, -0.15) is 0 Å². The highest BCUT2D eigenvalue weighted by molar-refractivity contribution is 5.96. The molecule has 3 aromatic rings. The Balaban J connectivity index is 0.00000176. The van der Waals surface area contributed by atoms with Crippen LogP contribution >= 0.6 is 12.4 Å². The summed E-state index contributed by atoms with van der Waals surface area (Å²) in [5, 5.41) is 13.7. The normalized spacial score (nSPS) is 10.1. The van der Waals surface area contributed by atoms with Gasteiger partial charge in [-0.15, -0.1) is 12.4 Å². The Kier molecular flexibility index (Phi) is 4.73. The highest BCUT2D eigenvalue weighted by Gasteiger charge is 2.08. The minimum absolute atomic E-state index is 0. The van der Waals surface area contributed by atoms with Crippen LogP contribution in [0.25, 0.3) is 10.9 Å². The van der Waals surface area contributed by atoms with Crippen molar-refractivity contribution in [1.29, 1.82) is 0 Å². The number of anilines is 2. The van der Waals surface area contributed by atoms with Crippen molar-refractivity contribution in [1.82, 2.24) is 4.98 Å². The quantitative estimate of drug-likeness (QED) is 0.702. The summed E-state index contributed by atoms with van der Waals surface area (Å²) in [5.74, 6) is 1.00. The summed E-state index contributed by atoms with van der Waals surface area (Å²) in [4.78, 5) is 4.56. The molecule has 0 bridgehead atoms. The molecule has 22 heavy (non-hydrogen) atoms. The van der Waals surface area contributed by atoms with Crippen molar-refractivity contribution in [2.24, 2.45) is 0 Å². The van der Waals surface area contributed by atoms with Crippen molar-refractivity contribution in [3.8, 4) is 11.5 Å². The average Bonchev–Trinajstić information content (AvgIpc) is 2.49. The lowest BCUT2D eigenvalue weighted by Crippen LogP contribution is -1.96. The Labute approximate surface area is 135 Å². The molecule has 0 unspecified atom stereocenters. The number of fused-ring (bicyclic) bond motifs is 1. The summed E-state index contributed by atoms with van der Waals surface area (Å²) in [7, 11) is 1.64. The lowest BCUT2D eigenvalue weighted by molar-refractivity contribution is 0.419. The standard InChI is InChI=1S/C17H16N2O2.ClH/c1-11-10-15(19-12-6-8-13(20)9-7-12)14-4-3-5-16(21-2)17(14)18-11;/h3-10,20H,1-2H3,(H,18,19);1H. The van der Waals surface area contributed by atoms with Gasteiger partial charge in [0.25, 0.3) is 0 Å². The second-order valence-electron chi connectivity index (χ2n) is 4.84. The molecule has 0 fully saturated rings. The van der Waals surface area contributed by atoms with Gasteiger partial charge in [-0.05, 0) is 43.3 Å². The lowest BCUT2D eigenvalue weighted by Gasteiger charge is -2.12. The maximum Gasteiger partial charge on any atom is 0.145 e. The first-order valence-electron chi connectivity index (χ1n) is 6.68. The molecule has 0 aliphatic rings. The first-order chi connectivity index (χ1) is 10.2. The van der Waals surface area contributed by atoms with E-state index in [0.717, 1.165) is 33.7 Å². The second kappa shape index (κ2) is 6.54. The van der Waals surface area contributed by atoms with Gasteiger partial charge in [-0.25, -0.2) is 4.98 Å². The van der Waals surface area contributed by atoms with Crippen molar-refractivity contribution >= 4 is 34.7 Å². The van der Waals surface area contributed by atoms with E-state index >= 15 is 0 Å². The van der Waals surface area contributed by atoms with Crippen LogP contribution in [-0.4, -0.2) is 17.2 Å². The van der Waals surface area contributed by atoms with E-state index in [1.165, 1.54) is 0 Å². The van der Waals surface area contributed by atoms with E-state index in [4.69, 9.17) is 4.74 Å². The first kappa shape index (κ1) is 15.9. The fourth-order valence-corrected chi connectivity index (χ4v) is 2.32. The van der Waals surface area contributed by atoms with E-state index in [9.17, 15) is 5.11 Å². The Hall–Kier alpha value is -2.46. The fraction of sp³-hybridized carbons (Fsp3) is 0.118. The number of phenols is 1. The predicted molar refractivity (Wildman–Crippen MR) is 91.7 cm³/mol. The van der Waals surface area contributed by atoms with E-state index < -0.39 is 0 Å². The number of para-hydroxylation sites is 1. The Morgan fingerprint density at radius 3 is 2.50 bits per heavy atom. The number of pyridine rings is 1. The molecule has 0 amide bonds. The lowest BCUT2D eigenvalue weighted by atomic mass is 10.1. The molecular weight excluding hydrogens is 300 g/mol. The van der Waals surface area contributed by atoms with Crippen LogP contribution in [0.3, 0.4) is 0 Å². The highest BCUT2D eigenvalue weighted by atomic mass is 35.5. The molecule has 5 heteroatoms. The zero-order valence-corrected chi connectivity index (χ0v) is 13.1. The molecule has 0 atom stereocenters. The number of methoxy groups -OCH3 is 1. The molecule has 3 rings (SSSR count). The van der Waals surface area contributed by atoms with E-state index in [0.29, 0.717) is 0 Å². The van der Waals surface area contributed by atoms with Gasteiger partial charge in [0.15, 0.2) is 0 Å². The zero-order chi connectivity index (χ0) is 14.8. The molecule has 0 aliphatic carbocycles. The molecule has 2 aromatic carbocycles. The number of phenolic OH excluding ortho intramolecular Hbond substituents is 1. The van der Waals surface area contributed by atoms with Crippen LogP contribution in [0.4, 0.5) is 11.4 Å². The van der Waals surface area contributed by atoms with Gasteiger partial charge in [0.05, 0.1) is 7.11 Å². The largest absolute Gasteiger partial charge is 0.508 e. The van der Waals surface area contributed by atoms with Crippen molar-refractivity contribution in [3.63, 3.8) is 0 Å². The number of hydrogen-bond acceptors (Lipinski definition) is 4. The molecule has 1 aromatic heterocycles. The number of nitrogens with zero attached hydrogens (tertiary/aromatic N) is 1. The third-order valence-corrected chi connectivity index (χ3v) is 3.30. The highest BCUT2D eigenvalue weighted by Crippen LogP contribution is 2.31. The first-order valence-corrected chi connectivity index (χ1v) is 6.68. The predicted octanol–water partition coefficient (Wildman–Crippen LogP) is 4.42. The second-order valence-corrected chi connectivity index (χ2v) is 4.84. The summed E-state index contributed by atoms with van der Waals surface area (Å²) < 4.78 is 5.38. The number of hydrogen-bond donors (Lipinski definition) is 2. The molecule has 114 valence electrons. The summed E-state index contributed by atoms with van der Waals surface area (Å²) in [5.41, 5.74) is 3.61. The summed E-state index contributed by atoms with van der Waals surface area (Å²) in [6.07, 6.45) is 0. The van der Waals surface area contributed by atoms with Gasteiger partial charge < -0.3 is 15.2 Å². The van der Waals surface area contributed by atoms with E-state index in [2.05, 4.69) is 10.3 Å². The Morgan fingerprint density at radius 2 is 1.82 bits per heavy atom. The van der Waals surface area contributed by atoms with Gasteiger partial charge in [-0.1, -0.05) is 12.1 Å². The van der Waals surface area contributed by atoms with E-state index in [-0.39, 0.29) is 18.2 Å². The molecule has 4 nitrogen and oxygen atoms in total. The molecule has 2 N–H and O–H groups in total. The maximum atomic E-state index is 9.35. The van der Waals surface area contributed by atoms with E-state index in [1.807, 2.05) is 43.3 Å². The van der Waals surface area contributed by atoms with E-state index in [1.54, 1.807) is 19.2 Å². The number of aromatic nitrogens is 1. The van der Waals surface area contributed by atoms with Gasteiger partial charge in [0.2, 0.25) is 0 Å². The molecule has 0 saturated carbocycles. The smallest absolute Gasteiger partial charge is 0.145 e. The van der Waals surface area contributed by atoms with Gasteiger partial charge in [0, 0.05) is 22.5 Å². The van der Waals surface area contributed by atoms with Crippen LogP contribution in [0.15, 0.2) is 48.5 Å². The van der Waals surface area contributed by atoms with Crippen LogP contribution in [0.2, 0.25) is 0 Å². The van der Waals surface area contributed by atoms with Gasteiger partial charge in [0.1, 0.15) is 17.0 Å². The molecule has 0 spiro atoms. The molecule has 0 saturated heterocycles. The van der Waals surface area contributed by atoms with Crippen LogP contribution in [0.5, 0.6) is 11.5 Å². The van der Waals surface area contributed by atoms with Gasteiger partial charge in [-0.3, -0.25) is 0 Å². The van der Waals surface area contributed by atoms with Crippen molar-refractivity contribution in [2.45, 2.75) is 6.92 Å². The number of aryl methyl sites for hydroxylation is 1. The minimum atomic E-state index is 0. The maximum absolute atomic E-state index is 9.35. The average molecular weight is 317 g/mol. The Bertz CT molecular complexity index is 789. The van der Waals surface area contributed by atoms with Crippen molar-refractivity contribution in [3.05, 3.63) is 54.2 Å². The number of rotatable bonds is 3. The summed E-state index contributed by atoms with van der Waals surface area (Å²) >= 11 is 0. The number of ether oxygens (including phenoxy) is 1. The minimum Gasteiger partial charge on any atom is -0.508 e. The number of aromatic hydroxyl groups is 1. The van der Waals surface area contributed by atoms with Crippen molar-refractivity contribution < 1.29 is 9.84 Å². The summed E-state index contributed by atoms with van der Waals surface area (Å²) in [6, 6.07) is 14.8. The zero-order valence-electron chi connectivity index (χ0n) is 12.3. The molecular formula is C17H17ClN2O2. The third-order valence-electron chi connectivity index (χ3n) is 3.30. The van der Waals surface area contributed by atoms with Crippen LogP contribution in [0, 0.1) is 6.92 Å². The third kappa shape index (κ3) is 3.07. The van der Waals surface area contributed by atoms with Gasteiger partial charge >= 0.3 is 0 Å². The molecule has 1 heterocycles. The number of benzene rings is 2. The van der Waals surface area contributed by atoms with Crippen LogP contribution < -0.4 is 10.1 Å². The van der Waals surface area contributed by atoms with Crippen LogP contribution in [-0.2, 0) is 0 Å². The van der Waals surface area contributed by atoms with Crippen molar-refractivity contribution in [2.75, 3.05) is 12.4 Å². The molecule has 0 aliphatic heterocycles. The Morgan fingerprint density at radius 1 is 1.09 bits per heavy atom. The SMILES string of the molecule is COc1cccc2c(Nc3ccc(O)cc3)cc(C)nc12.Cl. The monoisotopic (exact) mass is 316 g/mol. The topological polar surface area (TPSA) is 54.4 Å². The molecule has 0 radical (unpaired) electrons. The fourth-order valence-electron chi connectivity index (χ4n) is 2.32.